The highest BCUT2D eigenvalue weighted by Gasteiger charge is 2.15. The van der Waals surface area contributed by atoms with E-state index >= 15 is 0 Å². The van der Waals surface area contributed by atoms with E-state index in [4.69, 9.17) is 34.1 Å². The topological polar surface area (TPSA) is 98.2 Å². The normalized spacial score (nSPS) is 11.3. The van der Waals surface area contributed by atoms with Gasteiger partial charge in [0, 0.05) is 0 Å². The van der Waals surface area contributed by atoms with E-state index in [9.17, 15) is 8.42 Å². The molecule has 0 radical (unpaired) electrons. The van der Waals surface area contributed by atoms with Gasteiger partial charge in [-0.2, -0.15) is 0 Å². The molecule has 0 amide bonds. The number of para-hydroxylation sites is 1. The molecule has 5 N–H and O–H groups in total. The lowest BCUT2D eigenvalue weighted by molar-refractivity contribution is 0.598. The van der Waals surface area contributed by atoms with Gasteiger partial charge in [0.1, 0.15) is 4.90 Å². The number of sulfonamides is 1. The van der Waals surface area contributed by atoms with Crippen LogP contribution in [-0.2, 0) is 10.0 Å². The Kier molecular flexibility index (Phi) is 4.10. The fourth-order valence-electron chi connectivity index (χ4n) is 1.65. The Morgan fingerprint density at radius 3 is 2.25 bits per heavy atom. The molecule has 5 nitrogen and oxygen atoms in total. The highest BCUT2D eigenvalue weighted by atomic mass is 35.5. The van der Waals surface area contributed by atoms with Crippen molar-refractivity contribution in [3.63, 3.8) is 0 Å². The minimum absolute atomic E-state index is 0.0195. The van der Waals surface area contributed by atoms with Gasteiger partial charge in [0.25, 0.3) is 0 Å². The molecule has 2 aromatic carbocycles. The number of hydrogen-bond donors (Lipinski definition) is 3. The molecule has 8 heteroatoms. The second-order valence-electron chi connectivity index (χ2n) is 3.99. The molecule has 0 aliphatic carbocycles. The summed E-state index contributed by atoms with van der Waals surface area (Å²) >= 11 is 12.0. The first-order valence-corrected chi connectivity index (χ1v) is 7.73. The van der Waals surface area contributed by atoms with Crippen LogP contribution in [0.5, 0.6) is 0 Å². The first-order chi connectivity index (χ1) is 9.30. The smallest absolute Gasteiger partial charge is 0.240 e. The number of halogens is 2. The van der Waals surface area contributed by atoms with Crippen LogP contribution in [0.4, 0.5) is 17.1 Å². The summed E-state index contributed by atoms with van der Waals surface area (Å²) in [5.41, 5.74) is 6.71. The van der Waals surface area contributed by atoms with Crippen LogP contribution in [0.1, 0.15) is 0 Å². The van der Waals surface area contributed by atoms with Crippen molar-refractivity contribution in [3.05, 3.63) is 46.4 Å². The number of rotatable bonds is 3. The molecule has 0 saturated carbocycles. The van der Waals surface area contributed by atoms with Gasteiger partial charge in [0.2, 0.25) is 10.0 Å². The number of primary sulfonamides is 1. The Morgan fingerprint density at radius 2 is 1.60 bits per heavy atom. The number of anilines is 3. The molecule has 0 fully saturated rings. The molecule has 0 bridgehead atoms. The zero-order valence-corrected chi connectivity index (χ0v) is 12.4. The van der Waals surface area contributed by atoms with E-state index in [1.807, 2.05) is 0 Å². The number of nitrogens with two attached hydrogens (primary N) is 2. The van der Waals surface area contributed by atoms with Gasteiger partial charge in [-0.25, -0.2) is 13.6 Å². The SMILES string of the molecule is Nc1c(Nc2cccc(Cl)c2Cl)cccc1S(N)(=O)=O. The Hall–Kier alpha value is -1.47. The predicted molar refractivity (Wildman–Crippen MR) is 82.0 cm³/mol. The summed E-state index contributed by atoms with van der Waals surface area (Å²) in [6.07, 6.45) is 0. The first kappa shape index (κ1) is 14.9. The van der Waals surface area contributed by atoms with E-state index in [1.165, 1.54) is 12.1 Å². The van der Waals surface area contributed by atoms with E-state index in [0.29, 0.717) is 21.4 Å². The highest BCUT2D eigenvalue weighted by Crippen LogP contribution is 2.34. The van der Waals surface area contributed by atoms with E-state index in [-0.39, 0.29) is 10.6 Å². The van der Waals surface area contributed by atoms with E-state index in [1.54, 1.807) is 24.3 Å². The number of nitrogen functional groups attached to an aromatic ring is 1. The minimum atomic E-state index is -3.89. The molecular weight excluding hydrogens is 321 g/mol. The first-order valence-electron chi connectivity index (χ1n) is 5.43. The lowest BCUT2D eigenvalue weighted by atomic mass is 10.2. The molecule has 2 aromatic rings. The maximum absolute atomic E-state index is 11.4. The van der Waals surface area contributed by atoms with Crippen LogP contribution in [0.15, 0.2) is 41.3 Å². The quantitative estimate of drug-likeness (QED) is 0.753. The molecular formula is C12H11Cl2N3O2S. The second kappa shape index (κ2) is 5.49. The van der Waals surface area contributed by atoms with Gasteiger partial charge < -0.3 is 11.1 Å². The van der Waals surface area contributed by atoms with Gasteiger partial charge in [-0.05, 0) is 24.3 Å². The van der Waals surface area contributed by atoms with Crippen LogP contribution < -0.4 is 16.2 Å². The molecule has 0 aliphatic rings. The van der Waals surface area contributed by atoms with Gasteiger partial charge in [-0.3, -0.25) is 0 Å². The highest BCUT2D eigenvalue weighted by molar-refractivity contribution is 7.89. The van der Waals surface area contributed by atoms with E-state index in [0.717, 1.165) is 0 Å². The van der Waals surface area contributed by atoms with Crippen LogP contribution in [0.3, 0.4) is 0 Å². The third-order valence-electron chi connectivity index (χ3n) is 2.59. The summed E-state index contributed by atoms with van der Waals surface area (Å²) < 4.78 is 22.8. The Morgan fingerprint density at radius 1 is 1.00 bits per heavy atom. The maximum Gasteiger partial charge on any atom is 0.240 e. The molecule has 0 saturated heterocycles. The van der Waals surface area contributed by atoms with E-state index in [2.05, 4.69) is 5.32 Å². The van der Waals surface area contributed by atoms with Gasteiger partial charge in [-0.1, -0.05) is 35.3 Å². The number of nitrogens with one attached hydrogen (secondary N) is 1. The van der Waals surface area contributed by atoms with Crippen molar-refractivity contribution in [2.24, 2.45) is 5.14 Å². The lowest BCUT2D eigenvalue weighted by Gasteiger charge is -2.13. The van der Waals surface area contributed by atoms with Gasteiger partial charge in [0.05, 0.1) is 27.1 Å². The van der Waals surface area contributed by atoms with E-state index < -0.39 is 10.0 Å². The monoisotopic (exact) mass is 331 g/mol. The van der Waals surface area contributed by atoms with Crippen LogP contribution in [-0.4, -0.2) is 8.42 Å². The molecule has 106 valence electrons. The summed E-state index contributed by atoms with van der Waals surface area (Å²) in [6.45, 7) is 0. The van der Waals surface area contributed by atoms with Crippen LogP contribution in [0.25, 0.3) is 0 Å². The molecule has 0 aromatic heterocycles. The maximum atomic E-state index is 11.4. The summed E-state index contributed by atoms with van der Waals surface area (Å²) in [6, 6.07) is 9.50. The summed E-state index contributed by atoms with van der Waals surface area (Å²) in [7, 11) is -3.89. The summed E-state index contributed by atoms with van der Waals surface area (Å²) in [4.78, 5) is -0.152. The zero-order chi connectivity index (χ0) is 14.9. The molecule has 0 heterocycles. The fourth-order valence-corrected chi connectivity index (χ4v) is 2.68. The molecule has 20 heavy (non-hydrogen) atoms. The summed E-state index contributed by atoms with van der Waals surface area (Å²) in [5, 5.41) is 8.71. The largest absolute Gasteiger partial charge is 0.396 e. The third kappa shape index (κ3) is 2.99. The molecule has 2 rings (SSSR count). The van der Waals surface area contributed by atoms with Crippen LogP contribution >= 0.6 is 23.2 Å². The molecule has 0 aliphatic heterocycles. The average Bonchev–Trinajstić information content (AvgIpc) is 2.36. The molecule has 0 unspecified atom stereocenters. The summed E-state index contributed by atoms with van der Waals surface area (Å²) in [5.74, 6) is 0. The van der Waals surface area contributed by atoms with Gasteiger partial charge in [-0.15, -0.1) is 0 Å². The Bertz CT molecular complexity index is 763. The van der Waals surface area contributed by atoms with Crippen molar-refractivity contribution in [1.82, 2.24) is 0 Å². The standard InChI is InChI=1S/C12H11Cl2N3O2S/c13-7-3-1-4-8(11(7)14)17-9-5-2-6-10(12(9)15)20(16,18)19/h1-6,17H,15H2,(H2,16,18,19). The van der Waals surface area contributed by atoms with Crippen molar-refractivity contribution < 1.29 is 8.42 Å². The van der Waals surface area contributed by atoms with Crippen molar-refractivity contribution in [1.29, 1.82) is 0 Å². The lowest BCUT2D eigenvalue weighted by Crippen LogP contribution is -2.15. The predicted octanol–water partition coefficient (Wildman–Crippen LogP) is 2.97. The van der Waals surface area contributed by atoms with Crippen molar-refractivity contribution in [2.45, 2.75) is 4.90 Å². The third-order valence-corrected chi connectivity index (χ3v) is 4.38. The van der Waals surface area contributed by atoms with Crippen LogP contribution in [0, 0.1) is 0 Å². The van der Waals surface area contributed by atoms with Gasteiger partial charge in [0.15, 0.2) is 0 Å². The fraction of sp³-hybridized carbons (Fsp3) is 0. The molecule has 0 atom stereocenters. The molecule has 0 spiro atoms. The van der Waals surface area contributed by atoms with Crippen LogP contribution in [0.2, 0.25) is 10.0 Å². The Labute approximate surface area is 126 Å². The van der Waals surface area contributed by atoms with Gasteiger partial charge >= 0.3 is 0 Å². The average molecular weight is 332 g/mol. The van der Waals surface area contributed by atoms with Crippen molar-refractivity contribution in [3.8, 4) is 0 Å². The zero-order valence-electron chi connectivity index (χ0n) is 10.1. The number of hydrogen-bond acceptors (Lipinski definition) is 4. The Balaban J connectivity index is 2.48. The van der Waals surface area contributed by atoms with Crippen molar-refractivity contribution >= 4 is 50.3 Å². The second-order valence-corrected chi connectivity index (χ2v) is 6.30. The minimum Gasteiger partial charge on any atom is -0.396 e. The number of benzene rings is 2. The van der Waals surface area contributed by atoms with Crippen molar-refractivity contribution in [2.75, 3.05) is 11.1 Å².